The first-order valence-corrected chi connectivity index (χ1v) is 11.0. The van der Waals surface area contributed by atoms with Crippen LogP contribution in [0.3, 0.4) is 0 Å². The van der Waals surface area contributed by atoms with Crippen molar-refractivity contribution in [1.29, 1.82) is 0 Å². The molecule has 0 aliphatic carbocycles. The second-order valence-electron chi connectivity index (χ2n) is 8.34. The highest BCUT2D eigenvalue weighted by Crippen LogP contribution is 2.30. The molecule has 3 N–H and O–H groups in total. The molecule has 9 heteroatoms. The topological polar surface area (TPSA) is 107 Å². The minimum absolute atomic E-state index is 0.154. The summed E-state index contributed by atoms with van der Waals surface area (Å²) >= 11 is 0. The average Bonchev–Trinajstić information content (AvgIpc) is 3.15. The largest absolute Gasteiger partial charge is 0.380 e. The molecule has 3 aliphatic rings. The standard InChI is InChI=1S/C23H26N6O3/c30-21-7-5-19(22(31)27-21)29-14-18-15(2-1-3-17(18)23(29)32)12-25-16-4-6-20(26-13-16)28-10-8-24-9-11-28/h1-4,6,13,19,24-25H,5,7-12,14H2,(H,27,30,31). The van der Waals surface area contributed by atoms with Crippen LogP contribution in [0.25, 0.3) is 0 Å². The van der Waals surface area contributed by atoms with E-state index in [-0.39, 0.29) is 18.2 Å². The number of fused-ring (bicyclic) bond motifs is 1. The molecular formula is C23H26N6O3. The molecule has 0 radical (unpaired) electrons. The number of pyridine rings is 1. The van der Waals surface area contributed by atoms with E-state index in [1.807, 2.05) is 30.5 Å². The SMILES string of the molecule is O=C1CCC(N2Cc3c(CNc4ccc(N5CCNCC5)nc4)cccc3C2=O)C(=O)N1. The number of carbonyl (C=O) groups is 3. The van der Waals surface area contributed by atoms with Gasteiger partial charge < -0.3 is 20.4 Å². The van der Waals surface area contributed by atoms with Crippen LogP contribution in [-0.2, 0) is 22.7 Å². The molecule has 1 unspecified atom stereocenters. The van der Waals surface area contributed by atoms with Crippen LogP contribution in [0, 0.1) is 0 Å². The molecule has 9 nitrogen and oxygen atoms in total. The Morgan fingerprint density at radius 2 is 1.94 bits per heavy atom. The highest BCUT2D eigenvalue weighted by Gasteiger charge is 2.39. The van der Waals surface area contributed by atoms with Crippen LogP contribution < -0.4 is 20.9 Å². The summed E-state index contributed by atoms with van der Waals surface area (Å²) in [5, 5.41) is 9.08. The normalized spacial score (nSPS) is 20.9. The highest BCUT2D eigenvalue weighted by atomic mass is 16.2. The van der Waals surface area contributed by atoms with E-state index < -0.39 is 11.9 Å². The summed E-state index contributed by atoms with van der Waals surface area (Å²) < 4.78 is 0. The van der Waals surface area contributed by atoms with Crippen molar-refractivity contribution in [3.8, 4) is 0 Å². The second-order valence-corrected chi connectivity index (χ2v) is 8.34. The van der Waals surface area contributed by atoms with Gasteiger partial charge in [-0.25, -0.2) is 4.98 Å². The molecule has 2 fully saturated rings. The Hall–Kier alpha value is -3.46. The molecule has 1 atom stereocenters. The third kappa shape index (κ3) is 3.91. The van der Waals surface area contributed by atoms with Crippen LogP contribution in [-0.4, -0.2) is 59.8 Å². The molecule has 5 rings (SSSR count). The summed E-state index contributed by atoms with van der Waals surface area (Å²) in [4.78, 5) is 45.1. The fourth-order valence-electron chi connectivity index (χ4n) is 4.58. The van der Waals surface area contributed by atoms with E-state index in [2.05, 4.69) is 25.8 Å². The van der Waals surface area contributed by atoms with E-state index in [4.69, 9.17) is 0 Å². The number of imide groups is 1. The fourth-order valence-corrected chi connectivity index (χ4v) is 4.58. The van der Waals surface area contributed by atoms with Crippen LogP contribution in [0.1, 0.15) is 34.3 Å². The van der Waals surface area contributed by atoms with Crippen molar-refractivity contribution in [2.24, 2.45) is 0 Å². The maximum atomic E-state index is 13.0. The number of hydrogen-bond acceptors (Lipinski definition) is 7. The van der Waals surface area contributed by atoms with Gasteiger partial charge in [-0.05, 0) is 35.7 Å². The van der Waals surface area contributed by atoms with Crippen molar-refractivity contribution in [3.05, 3.63) is 53.2 Å². The summed E-state index contributed by atoms with van der Waals surface area (Å²) in [7, 11) is 0. The lowest BCUT2D eigenvalue weighted by molar-refractivity contribution is -0.136. The van der Waals surface area contributed by atoms with Gasteiger partial charge in [0, 0.05) is 51.3 Å². The molecule has 3 aliphatic heterocycles. The van der Waals surface area contributed by atoms with Crippen LogP contribution >= 0.6 is 0 Å². The van der Waals surface area contributed by atoms with Gasteiger partial charge in [0.2, 0.25) is 11.8 Å². The van der Waals surface area contributed by atoms with Crippen LogP contribution in [0.4, 0.5) is 11.5 Å². The number of benzene rings is 1. The fraction of sp³-hybridized carbons (Fsp3) is 0.391. The monoisotopic (exact) mass is 434 g/mol. The van der Waals surface area contributed by atoms with Gasteiger partial charge in [-0.15, -0.1) is 0 Å². The number of aromatic nitrogens is 1. The summed E-state index contributed by atoms with van der Waals surface area (Å²) in [6, 6.07) is 9.11. The van der Waals surface area contributed by atoms with Gasteiger partial charge in [-0.3, -0.25) is 19.7 Å². The number of hydrogen-bond donors (Lipinski definition) is 3. The molecule has 0 bridgehead atoms. The maximum Gasteiger partial charge on any atom is 0.255 e. The first-order valence-electron chi connectivity index (χ1n) is 11.0. The summed E-state index contributed by atoms with van der Waals surface area (Å²) in [5.74, 6) is 0.149. The van der Waals surface area contributed by atoms with Gasteiger partial charge in [-0.2, -0.15) is 0 Å². The third-order valence-corrected chi connectivity index (χ3v) is 6.35. The van der Waals surface area contributed by atoms with Gasteiger partial charge >= 0.3 is 0 Å². The highest BCUT2D eigenvalue weighted by molar-refractivity contribution is 6.05. The van der Waals surface area contributed by atoms with E-state index in [0.717, 1.165) is 48.8 Å². The zero-order valence-electron chi connectivity index (χ0n) is 17.8. The van der Waals surface area contributed by atoms with Crippen LogP contribution in [0.5, 0.6) is 0 Å². The molecule has 32 heavy (non-hydrogen) atoms. The van der Waals surface area contributed by atoms with Gasteiger partial charge in [0.15, 0.2) is 0 Å². The first-order chi connectivity index (χ1) is 15.6. The van der Waals surface area contributed by atoms with E-state index in [1.54, 1.807) is 11.0 Å². The number of anilines is 2. The minimum atomic E-state index is -0.602. The van der Waals surface area contributed by atoms with Crippen molar-refractivity contribution in [2.75, 3.05) is 36.4 Å². The van der Waals surface area contributed by atoms with Crippen LogP contribution in [0.2, 0.25) is 0 Å². The van der Waals surface area contributed by atoms with Crippen LogP contribution in [0.15, 0.2) is 36.5 Å². The lowest BCUT2D eigenvalue weighted by atomic mass is 10.0. The van der Waals surface area contributed by atoms with Gasteiger partial charge in [-0.1, -0.05) is 12.1 Å². The van der Waals surface area contributed by atoms with Gasteiger partial charge in [0.25, 0.3) is 5.91 Å². The number of piperazine rings is 1. The molecule has 2 saturated heterocycles. The number of piperidine rings is 1. The predicted molar refractivity (Wildman–Crippen MR) is 119 cm³/mol. The van der Waals surface area contributed by atoms with Crippen molar-refractivity contribution in [3.63, 3.8) is 0 Å². The Morgan fingerprint density at radius 3 is 2.69 bits per heavy atom. The summed E-state index contributed by atoms with van der Waals surface area (Å²) in [6.45, 7) is 4.76. The van der Waals surface area contributed by atoms with E-state index >= 15 is 0 Å². The van der Waals surface area contributed by atoms with E-state index in [0.29, 0.717) is 25.1 Å². The molecule has 0 spiro atoms. The molecule has 0 saturated carbocycles. The number of carbonyl (C=O) groups excluding carboxylic acids is 3. The number of rotatable bonds is 5. The quantitative estimate of drug-likeness (QED) is 0.600. The molecule has 2 aromatic rings. The number of nitrogens with zero attached hydrogens (tertiary/aromatic N) is 3. The smallest absolute Gasteiger partial charge is 0.255 e. The lowest BCUT2D eigenvalue weighted by Gasteiger charge is -2.29. The molecular weight excluding hydrogens is 408 g/mol. The van der Waals surface area contributed by atoms with E-state index in [1.165, 1.54) is 0 Å². The Bertz CT molecular complexity index is 1050. The van der Waals surface area contributed by atoms with Gasteiger partial charge in [0.1, 0.15) is 11.9 Å². The van der Waals surface area contributed by atoms with Crippen molar-refractivity contribution >= 4 is 29.2 Å². The molecule has 1 aromatic heterocycles. The van der Waals surface area contributed by atoms with Crippen molar-refractivity contribution < 1.29 is 14.4 Å². The molecule has 4 heterocycles. The van der Waals surface area contributed by atoms with Gasteiger partial charge in [0.05, 0.1) is 11.9 Å². The average molecular weight is 435 g/mol. The van der Waals surface area contributed by atoms with E-state index in [9.17, 15) is 14.4 Å². The molecule has 3 amide bonds. The Morgan fingerprint density at radius 1 is 1.09 bits per heavy atom. The van der Waals surface area contributed by atoms with Crippen molar-refractivity contribution in [1.82, 2.24) is 20.5 Å². The number of nitrogens with one attached hydrogen (secondary N) is 3. The minimum Gasteiger partial charge on any atom is -0.380 e. The predicted octanol–water partition coefficient (Wildman–Crippen LogP) is 0.864. The Balaban J connectivity index is 1.27. The zero-order valence-corrected chi connectivity index (χ0v) is 17.8. The molecule has 166 valence electrons. The summed E-state index contributed by atoms with van der Waals surface area (Å²) in [5.41, 5.74) is 3.48. The third-order valence-electron chi connectivity index (χ3n) is 6.35. The summed E-state index contributed by atoms with van der Waals surface area (Å²) in [6.07, 6.45) is 2.45. The Labute approximate surface area is 186 Å². The number of amides is 3. The first kappa shape index (κ1) is 20.4. The molecule has 1 aromatic carbocycles. The van der Waals surface area contributed by atoms with Crippen molar-refractivity contribution in [2.45, 2.75) is 32.0 Å². The Kier molecular flexibility index (Phi) is 5.48. The lowest BCUT2D eigenvalue weighted by Crippen LogP contribution is -2.52. The maximum absolute atomic E-state index is 13.0. The zero-order chi connectivity index (χ0) is 22.1. The second kappa shape index (κ2) is 8.58.